The highest BCUT2D eigenvalue weighted by atomic mass is 32.2. The second-order valence-corrected chi connectivity index (χ2v) is 8.96. The van der Waals surface area contributed by atoms with Crippen molar-refractivity contribution in [1.29, 1.82) is 0 Å². The molecular formula is C19H31N3O3S. The number of amides is 1. The molecule has 2 N–H and O–H groups in total. The largest absolute Gasteiger partial charge is 0.352 e. The Hall–Kier alpha value is -1.44. The van der Waals surface area contributed by atoms with E-state index in [0.717, 1.165) is 38.6 Å². The molecule has 0 heterocycles. The fraction of sp³-hybridized carbons (Fsp3) is 0.632. The van der Waals surface area contributed by atoms with Crippen LogP contribution in [0, 0.1) is 0 Å². The summed E-state index contributed by atoms with van der Waals surface area (Å²) < 4.78 is 27.9. The average Bonchev–Trinajstić information content (AvgIpc) is 2.86. The lowest BCUT2D eigenvalue weighted by Crippen LogP contribution is -2.34. The number of nitrogens with zero attached hydrogens (tertiary/aromatic N) is 1. The average molecular weight is 382 g/mol. The minimum absolute atomic E-state index is 0.0159. The minimum Gasteiger partial charge on any atom is -0.352 e. The first-order chi connectivity index (χ1) is 12.4. The summed E-state index contributed by atoms with van der Waals surface area (Å²) in [7, 11) is 0.444. The van der Waals surface area contributed by atoms with Crippen LogP contribution in [-0.4, -0.2) is 52.5 Å². The Balaban J connectivity index is 1.91. The minimum atomic E-state index is -3.54. The SMILES string of the molecule is CN(C)CCCNC(=O)c1ccc(S(=O)(=O)NC2CCCCCC2)cc1. The molecule has 1 fully saturated rings. The molecule has 2 rings (SSSR count). The third kappa shape index (κ3) is 6.70. The summed E-state index contributed by atoms with van der Waals surface area (Å²) in [5, 5.41) is 2.85. The van der Waals surface area contributed by atoms with Crippen molar-refractivity contribution in [3.05, 3.63) is 29.8 Å². The third-order valence-electron chi connectivity index (χ3n) is 4.67. The summed E-state index contributed by atoms with van der Waals surface area (Å²) >= 11 is 0. The number of sulfonamides is 1. The Kier molecular flexibility index (Phi) is 8.06. The van der Waals surface area contributed by atoms with Gasteiger partial charge in [-0.1, -0.05) is 25.7 Å². The molecule has 1 amide bonds. The Labute approximate surface area is 157 Å². The van der Waals surface area contributed by atoms with Gasteiger partial charge in [0.25, 0.3) is 5.91 Å². The molecule has 0 aromatic heterocycles. The van der Waals surface area contributed by atoms with Crippen molar-refractivity contribution < 1.29 is 13.2 Å². The van der Waals surface area contributed by atoms with Crippen molar-refractivity contribution in [2.75, 3.05) is 27.2 Å². The predicted molar refractivity (Wildman–Crippen MR) is 104 cm³/mol. The van der Waals surface area contributed by atoms with Crippen molar-refractivity contribution in [2.24, 2.45) is 0 Å². The highest BCUT2D eigenvalue weighted by molar-refractivity contribution is 7.89. The number of rotatable bonds is 8. The van der Waals surface area contributed by atoms with Crippen LogP contribution in [0.3, 0.4) is 0 Å². The number of hydrogen-bond donors (Lipinski definition) is 2. The fourth-order valence-electron chi connectivity index (χ4n) is 3.17. The first-order valence-corrected chi connectivity index (χ1v) is 10.9. The molecule has 7 heteroatoms. The van der Waals surface area contributed by atoms with Crippen LogP contribution in [0.25, 0.3) is 0 Å². The molecule has 1 aliphatic carbocycles. The van der Waals surface area contributed by atoms with E-state index in [2.05, 4.69) is 14.9 Å². The van der Waals surface area contributed by atoms with Gasteiger partial charge in [-0.3, -0.25) is 4.79 Å². The first-order valence-electron chi connectivity index (χ1n) is 9.44. The zero-order chi connectivity index (χ0) is 19.0. The standard InChI is InChI=1S/C19H31N3O3S/c1-22(2)15-7-14-20-19(23)16-10-12-18(13-11-16)26(24,25)21-17-8-5-3-4-6-9-17/h10-13,17,21H,3-9,14-15H2,1-2H3,(H,20,23). The summed E-state index contributed by atoms with van der Waals surface area (Å²) in [5.41, 5.74) is 0.475. The Morgan fingerprint density at radius 3 is 2.27 bits per heavy atom. The van der Waals surface area contributed by atoms with Gasteiger partial charge in [0.1, 0.15) is 0 Å². The molecule has 0 bridgehead atoms. The number of carbonyl (C=O) groups excluding carboxylic acids is 1. The van der Waals surface area contributed by atoms with Crippen molar-refractivity contribution in [2.45, 2.75) is 55.9 Å². The van der Waals surface area contributed by atoms with Crippen LogP contribution in [-0.2, 0) is 10.0 Å². The lowest BCUT2D eigenvalue weighted by molar-refractivity contribution is 0.0952. The Morgan fingerprint density at radius 1 is 1.08 bits per heavy atom. The van der Waals surface area contributed by atoms with Crippen molar-refractivity contribution in [3.63, 3.8) is 0 Å². The summed E-state index contributed by atoms with van der Waals surface area (Å²) in [5.74, 6) is -0.176. The van der Waals surface area contributed by atoms with Gasteiger partial charge in [0.2, 0.25) is 10.0 Å². The number of hydrogen-bond acceptors (Lipinski definition) is 4. The van der Waals surface area contributed by atoms with E-state index in [1.165, 1.54) is 25.0 Å². The second-order valence-electron chi connectivity index (χ2n) is 7.25. The van der Waals surface area contributed by atoms with Crippen LogP contribution >= 0.6 is 0 Å². The van der Waals surface area contributed by atoms with Crippen LogP contribution in [0.5, 0.6) is 0 Å². The zero-order valence-electron chi connectivity index (χ0n) is 15.8. The van der Waals surface area contributed by atoms with E-state index in [4.69, 9.17) is 0 Å². The second kappa shape index (κ2) is 10.0. The molecule has 6 nitrogen and oxygen atoms in total. The summed E-state index contributed by atoms with van der Waals surface area (Å²) in [6, 6.07) is 6.18. The van der Waals surface area contributed by atoms with Gasteiger partial charge < -0.3 is 10.2 Å². The normalized spacial score (nSPS) is 16.4. The maximum Gasteiger partial charge on any atom is 0.251 e. The van der Waals surface area contributed by atoms with Crippen LogP contribution in [0.15, 0.2) is 29.2 Å². The first kappa shape index (κ1) is 20.9. The number of carbonyl (C=O) groups is 1. The molecule has 1 saturated carbocycles. The molecule has 0 atom stereocenters. The summed E-state index contributed by atoms with van der Waals surface area (Å²) in [6.07, 6.45) is 7.16. The monoisotopic (exact) mass is 381 g/mol. The summed E-state index contributed by atoms with van der Waals surface area (Å²) in [4.78, 5) is 14.4. The molecule has 0 unspecified atom stereocenters. The molecule has 0 radical (unpaired) electrons. The van der Waals surface area contributed by atoms with Gasteiger partial charge in [0.15, 0.2) is 0 Å². The number of benzene rings is 1. The number of nitrogens with one attached hydrogen (secondary N) is 2. The molecule has 0 saturated heterocycles. The molecule has 26 heavy (non-hydrogen) atoms. The van der Waals surface area contributed by atoms with E-state index in [9.17, 15) is 13.2 Å². The lowest BCUT2D eigenvalue weighted by Gasteiger charge is -2.16. The lowest BCUT2D eigenvalue weighted by atomic mass is 10.1. The smallest absolute Gasteiger partial charge is 0.251 e. The predicted octanol–water partition coefficient (Wildman–Crippen LogP) is 2.37. The fourth-order valence-corrected chi connectivity index (χ4v) is 4.47. The van der Waals surface area contributed by atoms with Crippen molar-refractivity contribution in [1.82, 2.24) is 14.9 Å². The molecule has 0 spiro atoms. The maximum atomic E-state index is 12.6. The van der Waals surface area contributed by atoms with Gasteiger partial charge in [0.05, 0.1) is 4.90 Å². The molecule has 1 aromatic rings. The van der Waals surface area contributed by atoms with Crippen LogP contribution in [0.1, 0.15) is 55.3 Å². The molecule has 1 aromatic carbocycles. The van der Waals surface area contributed by atoms with E-state index in [1.807, 2.05) is 14.1 Å². The van der Waals surface area contributed by atoms with Crippen molar-refractivity contribution >= 4 is 15.9 Å². The van der Waals surface area contributed by atoms with Crippen LogP contribution in [0.4, 0.5) is 0 Å². The quantitative estimate of drug-likeness (QED) is 0.535. The van der Waals surface area contributed by atoms with Gasteiger partial charge in [-0.2, -0.15) is 0 Å². The van der Waals surface area contributed by atoms with E-state index < -0.39 is 10.0 Å². The van der Waals surface area contributed by atoms with E-state index >= 15 is 0 Å². The molecule has 146 valence electrons. The molecule has 1 aliphatic rings. The van der Waals surface area contributed by atoms with E-state index in [-0.39, 0.29) is 16.8 Å². The van der Waals surface area contributed by atoms with Crippen LogP contribution < -0.4 is 10.0 Å². The van der Waals surface area contributed by atoms with Crippen molar-refractivity contribution in [3.8, 4) is 0 Å². The third-order valence-corrected chi connectivity index (χ3v) is 6.21. The highest BCUT2D eigenvalue weighted by Crippen LogP contribution is 2.19. The van der Waals surface area contributed by atoms with Gasteiger partial charge >= 0.3 is 0 Å². The summed E-state index contributed by atoms with van der Waals surface area (Å²) in [6.45, 7) is 1.50. The topological polar surface area (TPSA) is 78.5 Å². The van der Waals surface area contributed by atoms with E-state index in [1.54, 1.807) is 12.1 Å². The van der Waals surface area contributed by atoms with Gasteiger partial charge in [-0.05, 0) is 64.2 Å². The van der Waals surface area contributed by atoms with Gasteiger partial charge in [0, 0.05) is 18.2 Å². The van der Waals surface area contributed by atoms with E-state index in [0.29, 0.717) is 12.1 Å². The Bertz CT molecular complexity index is 664. The Morgan fingerprint density at radius 2 is 1.69 bits per heavy atom. The van der Waals surface area contributed by atoms with Gasteiger partial charge in [-0.15, -0.1) is 0 Å². The van der Waals surface area contributed by atoms with Gasteiger partial charge in [-0.25, -0.2) is 13.1 Å². The maximum absolute atomic E-state index is 12.6. The van der Waals surface area contributed by atoms with Crippen LogP contribution in [0.2, 0.25) is 0 Å². The zero-order valence-corrected chi connectivity index (χ0v) is 16.6. The molecular weight excluding hydrogens is 350 g/mol. The highest BCUT2D eigenvalue weighted by Gasteiger charge is 2.21. The molecule has 0 aliphatic heterocycles.